The summed E-state index contributed by atoms with van der Waals surface area (Å²) in [5.74, 6) is 2.49. The van der Waals surface area contributed by atoms with Gasteiger partial charge in [0.05, 0.1) is 5.39 Å². The summed E-state index contributed by atoms with van der Waals surface area (Å²) >= 11 is 1.89. The minimum absolute atomic E-state index is 0.0843. The van der Waals surface area contributed by atoms with Crippen LogP contribution in [0.15, 0.2) is 36.4 Å². The van der Waals surface area contributed by atoms with Crippen LogP contribution < -0.4 is 4.90 Å². The van der Waals surface area contributed by atoms with Crippen molar-refractivity contribution in [2.24, 2.45) is 0 Å². The molecule has 1 aliphatic carbocycles. The summed E-state index contributed by atoms with van der Waals surface area (Å²) in [6.07, 6.45) is 10.8. The lowest BCUT2D eigenvalue weighted by molar-refractivity contribution is -0.126. The third-order valence-corrected chi connectivity index (χ3v) is 8.41. The molecule has 6 heteroatoms. The first-order valence-electron chi connectivity index (χ1n) is 12.7. The standard InChI is InChI=1S/C28H34N4OS/c1-3-20(2)26-29-27(25-22-12-8-5-9-13-23(22)34-28(25)30-26)32-18-16-31(17-19-32)24(33)15-14-21-10-6-4-7-11-21/h4,6-7,10-11,14-15,20H,3,5,8-9,12-13,16-19H2,1-2H3/b15-14+/t20-/m1/s1. The Labute approximate surface area is 206 Å². The van der Waals surface area contributed by atoms with Gasteiger partial charge < -0.3 is 9.80 Å². The number of hydrogen-bond acceptors (Lipinski definition) is 5. The number of benzene rings is 1. The summed E-state index contributed by atoms with van der Waals surface area (Å²) in [4.78, 5) is 30.0. The van der Waals surface area contributed by atoms with E-state index in [1.54, 1.807) is 6.08 Å². The Kier molecular flexibility index (Phi) is 6.95. The van der Waals surface area contributed by atoms with Gasteiger partial charge in [0.15, 0.2) is 0 Å². The first-order chi connectivity index (χ1) is 16.6. The third kappa shape index (κ3) is 4.74. The Hall–Kier alpha value is -2.73. The van der Waals surface area contributed by atoms with Crippen LogP contribution in [0.5, 0.6) is 0 Å². The first-order valence-corrected chi connectivity index (χ1v) is 13.5. The number of amides is 1. The van der Waals surface area contributed by atoms with E-state index in [9.17, 15) is 4.79 Å². The largest absolute Gasteiger partial charge is 0.352 e. The fraction of sp³-hybridized carbons (Fsp3) is 0.464. The lowest BCUT2D eigenvalue weighted by Crippen LogP contribution is -2.48. The summed E-state index contributed by atoms with van der Waals surface area (Å²) in [5.41, 5.74) is 2.54. The van der Waals surface area contributed by atoms with E-state index < -0.39 is 0 Å². The molecule has 1 aromatic carbocycles. The van der Waals surface area contributed by atoms with Gasteiger partial charge in [-0.3, -0.25) is 4.79 Å². The van der Waals surface area contributed by atoms with Crippen LogP contribution in [-0.2, 0) is 17.6 Å². The lowest BCUT2D eigenvalue weighted by Gasteiger charge is -2.35. The van der Waals surface area contributed by atoms with E-state index in [0.29, 0.717) is 19.0 Å². The molecule has 0 bridgehead atoms. The van der Waals surface area contributed by atoms with Gasteiger partial charge in [0.1, 0.15) is 16.5 Å². The average Bonchev–Trinajstić information content (AvgIpc) is 3.07. The molecule has 0 spiro atoms. The van der Waals surface area contributed by atoms with Crippen LogP contribution in [0.1, 0.15) is 67.3 Å². The van der Waals surface area contributed by atoms with Gasteiger partial charge in [-0.1, -0.05) is 50.6 Å². The van der Waals surface area contributed by atoms with Gasteiger partial charge in [-0.15, -0.1) is 11.3 Å². The van der Waals surface area contributed by atoms with Crippen LogP contribution in [-0.4, -0.2) is 47.0 Å². The average molecular weight is 475 g/mol. The van der Waals surface area contributed by atoms with E-state index in [4.69, 9.17) is 9.97 Å². The predicted molar refractivity (Wildman–Crippen MR) is 142 cm³/mol. The number of thiophene rings is 1. The Morgan fingerprint density at radius 2 is 1.82 bits per heavy atom. The van der Waals surface area contributed by atoms with Crippen molar-refractivity contribution < 1.29 is 4.79 Å². The number of nitrogens with zero attached hydrogens (tertiary/aromatic N) is 4. The van der Waals surface area contributed by atoms with Gasteiger partial charge in [0, 0.05) is 43.1 Å². The van der Waals surface area contributed by atoms with Crippen LogP contribution in [0.3, 0.4) is 0 Å². The maximum absolute atomic E-state index is 12.8. The van der Waals surface area contributed by atoms with Gasteiger partial charge in [-0.2, -0.15) is 0 Å². The quantitative estimate of drug-likeness (QED) is 0.345. The molecule has 0 saturated carbocycles. The van der Waals surface area contributed by atoms with E-state index in [1.807, 2.05) is 52.6 Å². The zero-order chi connectivity index (χ0) is 23.5. The van der Waals surface area contributed by atoms with E-state index in [-0.39, 0.29) is 5.91 Å². The number of aryl methyl sites for hydroxylation is 2. The minimum Gasteiger partial charge on any atom is -0.352 e. The van der Waals surface area contributed by atoms with Crippen LogP contribution in [0.4, 0.5) is 5.82 Å². The van der Waals surface area contributed by atoms with Gasteiger partial charge in [0.25, 0.3) is 0 Å². The van der Waals surface area contributed by atoms with Gasteiger partial charge in [-0.25, -0.2) is 9.97 Å². The number of hydrogen-bond donors (Lipinski definition) is 0. The number of aromatic nitrogens is 2. The van der Waals surface area contributed by atoms with E-state index in [0.717, 1.165) is 48.0 Å². The van der Waals surface area contributed by atoms with Crippen molar-refractivity contribution in [1.29, 1.82) is 0 Å². The van der Waals surface area contributed by atoms with Crippen molar-refractivity contribution in [2.75, 3.05) is 31.1 Å². The minimum atomic E-state index is 0.0843. The molecule has 1 atom stereocenters. The molecule has 34 heavy (non-hydrogen) atoms. The molecule has 0 unspecified atom stereocenters. The molecule has 5 rings (SSSR count). The van der Waals surface area contributed by atoms with E-state index >= 15 is 0 Å². The second kappa shape index (κ2) is 10.3. The first kappa shape index (κ1) is 23.0. The highest BCUT2D eigenvalue weighted by Crippen LogP contribution is 2.40. The number of fused-ring (bicyclic) bond motifs is 3. The highest BCUT2D eigenvalue weighted by Gasteiger charge is 2.27. The van der Waals surface area contributed by atoms with Crippen LogP contribution in [0.2, 0.25) is 0 Å². The monoisotopic (exact) mass is 474 g/mol. The molecular weight excluding hydrogens is 440 g/mol. The van der Waals surface area contributed by atoms with E-state index in [2.05, 4.69) is 18.7 Å². The summed E-state index contributed by atoms with van der Waals surface area (Å²) < 4.78 is 0. The summed E-state index contributed by atoms with van der Waals surface area (Å²) in [6.45, 7) is 7.47. The van der Waals surface area contributed by atoms with Gasteiger partial charge in [-0.05, 0) is 49.3 Å². The maximum atomic E-state index is 12.8. The molecule has 1 amide bonds. The lowest BCUT2D eigenvalue weighted by atomic mass is 10.1. The van der Waals surface area contributed by atoms with Crippen molar-refractivity contribution in [3.05, 3.63) is 58.2 Å². The van der Waals surface area contributed by atoms with Gasteiger partial charge >= 0.3 is 0 Å². The number of anilines is 1. The summed E-state index contributed by atoms with van der Waals surface area (Å²) in [6, 6.07) is 10.00. The van der Waals surface area contributed by atoms with Crippen molar-refractivity contribution in [3.63, 3.8) is 0 Å². The molecule has 3 aromatic rings. The molecule has 0 radical (unpaired) electrons. The zero-order valence-electron chi connectivity index (χ0n) is 20.3. The normalized spacial score (nSPS) is 17.7. The number of rotatable bonds is 5. The number of carbonyl (C=O) groups is 1. The molecule has 178 valence electrons. The van der Waals surface area contributed by atoms with Crippen LogP contribution in [0.25, 0.3) is 16.3 Å². The maximum Gasteiger partial charge on any atom is 0.246 e. The fourth-order valence-corrected chi connectivity index (χ4v) is 6.20. The van der Waals surface area contributed by atoms with Crippen LogP contribution >= 0.6 is 11.3 Å². The van der Waals surface area contributed by atoms with E-state index in [1.165, 1.54) is 41.5 Å². The Morgan fingerprint density at radius 3 is 2.59 bits per heavy atom. The molecule has 3 heterocycles. The zero-order valence-corrected chi connectivity index (χ0v) is 21.1. The topological polar surface area (TPSA) is 49.3 Å². The smallest absolute Gasteiger partial charge is 0.246 e. The molecule has 0 N–H and O–H groups in total. The Bertz CT molecular complexity index is 1180. The summed E-state index contributed by atoms with van der Waals surface area (Å²) in [7, 11) is 0. The Morgan fingerprint density at radius 1 is 1.06 bits per heavy atom. The molecule has 2 aromatic heterocycles. The van der Waals surface area contributed by atoms with Crippen molar-refractivity contribution >= 4 is 39.4 Å². The third-order valence-electron chi connectivity index (χ3n) is 7.22. The number of piperazine rings is 1. The second-order valence-corrected chi connectivity index (χ2v) is 10.6. The van der Waals surface area contributed by atoms with Crippen molar-refractivity contribution in [1.82, 2.24) is 14.9 Å². The van der Waals surface area contributed by atoms with Crippen molar-refractivity contribution in [2.45, 2.75) is 58.3 Å². The fourth-order valence-electron chi connectivity index (χ4n) is 4.94. The highest BCUT2D eigenvalue weighted by atomic mass is 32.1. The predicted octanol–water partition coefficient (Wildman–Crippen LogP) is 5.84. The van der Waals surface area contributed by atoms with Crippen LogP contribution in [0, 0.1) is 0 Å². The highest BCUT2D eigenvalue weighted by molar-refractivity contribution is 7.19. The summed E-state index contributed by atoms with van der Waals surface area (Å²) in [5, 5.41) is 1.29. The number of carbonyl (C=O) groups excluding carboxylic acids is 1. The molecule has 1 fully saturated rings. The SMILES string of the molecule is CC[C@@H](C)c1nc(N2CCN(C(=O)/C=C/c3ccccc3)CC2)c2c3c(sc2n1)CCCCC3. The molecular formula is C28H34N4OS. The molecule has 1 aliphatic heterocycles. The molecule has 2 aliphatic rings. The Balaban J connectivity index is 1.39. The molecule has 1 saturated heterocycles. The van der Waals surface area contributed by atoms with Crippen molar-refractivity contribution in [3.8, 4) is 0 Å². The second-order valence-electron chi connectivity index (χ2n) is 9.52. The van der Waals surface area contributed by atoms with Gasteiger partial charge in [0.2, 0.25) is 5.91 Å². The molecule has 5 nitrogen and oxygen atoms in total.